The van der Waals surface area contributed by atoms with Crippen molar-refractivity contribution >= 4 is 26.0 Å². The maximum absolute atomic E-state index is 12.7. The molecule has 0 fully saturated rings. The maximum atomic E-state index is 12.7. The average molecular weight is 298 g/mol. The molecule has 4 nitrogen and oxygen atoms in total. The highest BCUT2D eigenvalue weighted by Gasteiger charge is 2.17. The Morgan fingerprint density at radius 1 is 1.53 bits per heavy atom. The van der Waals surface area contributed by atoms with E-state index in [1.54, 1.807) is 6.92 Å². The molecular weight excluding hydrogens is 289 g/mol. The summed E-state index contributed by atoms with van der Waals surface area (Å²) in [5.74, 6) is -0.516. The first-order valence-corrected chi connectivity index (χ1v) is 6.33. The summed E-state index contributed by atoms with van der Waals surface area (Å²) in [4.78, 5) is 6.42. The molecule has 0 spiro atoms. The zero-order valence-corrected chi connectivity index (χ0v) is 10.2. The molecule has 15 heavy (non-hydrogen) atoms. The van der Waals surface area contributed by atoms with Gasteiger partial charge in [0.2, 0.25) is 0 Å². The molecule has 0 aliphatic heterocycles. The number of rotatable bonds is 4. The lowest BCUT2D eigenvalue weighted by atomic mass is 10.3. The number of hydrogen-bond acceptors (Lipinski definition) is 3. The van der Waals surface area contributed by atoms with Gasteiger partial charge in [0.25, 0.3) is 10.0 Å². The van der Waals surface area contributed by atoms with E-state index in [0.717, 1.165) is 18.2 Å². The van der Waals surface area contributed by atoms with Crippen LogP contribution in [-0.4, -0.2) is 15.0 Å². The SMILES string of the molecule is CCONS(=O)(=O)c1ccc(F)cc1Br. The largest absolute Gasteiger partial charge is 0.287 e. The minimum absolute atomic E-state index is 0.0719. The van der Waals surface area contributed by atoms with Crippen molar-refractivity contribution in [3.63, 3.8) is 0 Å². The molecule has 0 aliphatic rings. The van der Waals surface area contributed by atoms with Gasteiger partial charge in [0, 0.05) is 4.47 Å². The second-order valence-corrected chi connectivity index (χ2v) is 5.06. The zero-order valence-electron chi connectivity index (χ0n) is 7.83. The van der Waals surface area contributed by atoms with Gasteiger partial charge in [-0.1, -0.05) is 4.89 Å². The van der Waals surface area contributed by atoms with Crippen LogP contribution in [0.2, 0.25) is 0 Å². The molecule has 7 heteroatoms. The molecule has 0 radical (unpaired) electrons. The maximum Gasteiger partial charge on any atom is 0.263 e. The lowest BCUT2D eigenvalue weighted by Crippen LogP contribution is -2.24. The van der Waals surface area contributed by atoms with Crippen LogP contribution in [0.1, 0.15) is 6.92 Å². The predicted molar refractivity (Wildman–Crippen MR) is 56.0 cm³/mol. The Morgan fingerprint density at radius 3 is 2.73 bits per heavy atom. The first kappa shape index (κ1) is 12.6. The van der Waals surface area contributed by atoms with E-state index in [1.165, 1.54) is 0 Å². The van der Waals surface area contributed by atoms with Crippen LogP contribution >= 0.6 is 15.9 Å². The van der Waals surface area contributed by atoms with E-state index in [9.17, 15) is 12.8 Å². The van der Waals surface area contributed by atoms with Gasteiger partial charge in [0.1, 0.15) is 5.82 Å². The highest BCUT2D eigenvalue weighted by molar-refractivity contribution is 9.10. The molecule has 0 atom stereocenters. The van der Waals surface area contributed by atoms with Gasteiger partial charge in [-0.3, -0.25) is 4.84 Å². The van der Waals surface area contributed by atoms with Crippen molar-refractivity contribution in [3.8, 4) is 0 Å². The molecule has 0 saturated carbocycles. The molecule has 1 aromatic carbocycles. The third-order valence-electron chi connectivity index (χ3n) is 1.50. The molecule has 0 unspecified atom stereocenters. The summed E-state index contributed by atoms with van der Waals surface area (Å²) in [6.07, 6.45) is 0. The molecule has 1 rings (SSSR count). The van der Waals surface area contributed by atoms with E-state index in [0.29, 0.717) is 0 Å². The summed E-state index contributed by atoms with van der Waals surface area (Å²) < 4.78 is 35.9. The summed E-state index contributed by atoms with van der Waals surface area (Å²) in [6, 6.07) is 3.28. The Hall–Kier alpha value is -0.500. The Kier molecular flexibility index (Phi) is 4.21. The standard InChI is InChI=1S/C8H9BrFNO3S/c1-2-14-11-15(12,13)8-4-3-6(10)5-7(8)9/h3-5,11H,2H2,1H3. The van der Waals surface area contributed by atoms with Gasteiger partial charge in [0.05, 0.1) is 11.5 Å². The number of hydrogen-bond donors (Lipinski definition) is 1. The van der Waals surface area contributed by atoms with Crippen molar-refractivity contribution in [1.29, 1.82) is 0 Å². The van der Waals surface area contributed by atoms with Gasteiger partial charge >= 0.3 is 0 Å². The van der Waals surface area contributed by atoms with E-state index in [4.69, 9.17) is 0 Å². The van der Waals surface area contributed by atoms with E-state index in [1.807, 2.05) is 4.89 Å². The third kappa shape index (κ3) is 3.23. The predicted octanol–water partition coefficient (Wildman–Crippen LogP) is 1.82. The van der Waals surface area contributed by atoms with E-state index < -0.39 is 15.8 Å². The van der Waals surface area contributed by atoms with Crippen molar-refractivity contribution in [3.05, 3.63) is 28.5 Å². The van der Waals surface area contributed by atoms with Crippen LogP contribution in [0, 0.1) is 5.82 Å². The van der Waals surface area contributed by atoms with Crippen LogP contribution in [0.25, 0.3) is 0 Å². The smallest absolute Gasteiger partial charge is 0.263 e. The highest BCUT2D eigenvalue weighted by Crippen LogP contribution is 2.22. The van der Waals surface area contributed by atoms with E-state index in [-0.39, 0.29) is 16.0 Å². The normalized spacial score (nSPS) is 11.7. The molecule has 0 amide bonds. The Labute approximate surface area is 95.6 Å². The van der Waals surface area contributed by atoms with Crippen LogP contribution in [0.5, 0.6) is 0 Å². The van der Waals surface area contributed by atoms with Gasteiger partial charge in [-0.15, -0.1) is 0 Å². The monoisotopic (exact) mass is 297 g/mol. The zero-order chi connectivity index (χ0) is 11.5. The number of benzene rings is 1. The molecular formula is C8H9BrFNO3S. The second-order valence-electron chi connectivity index (χ2n) is 2.59. The van der Waals surface area contributed by atoms with Crippen molar-refractivity contribution in [2.75, 3.05) is 6.61 Å². The van der Waals surface area contributed by atoms with Crippen LogP contribution < -0.4 is 4.89 Å². The fourth-order valence-corrected chi connectivity index (χ4v) is 2.79. The second kappa shape index (κ2) is 5.02. The number of nitrogens with one attached hydrogen (secondary N) is 1. The molecule has 84 valence electrons. The number of sulfonamides is 1. The van der Waals surface area contributed by atoms with Crippen molar-refractivity contribution < 1.29 is 17.6 Å². The van der Waals surface area contributed by atoms with Gasteiger partial charge in [-0.25, -0.2) is 12.8 Å². The Morgan fingerprint density at radius 2 is 2.20 bits per heavy atom. The van der Waals surface area contributed by atoms with Crippen molar-refractivity contribution in [2.24, 2.45) is 0 Å². The Balaban J connectivity index is 3.05. The van der Waals surface area contributed by atoms with Crippen molar-refractivity contribution in [1.82, 2.24) is 4.89 Å². The molecule has 0 aromatic heterocycles. The third-order valence-corrected chi connectivity index (χ3v) is 3.69. The topological polar surface area (TPSA) is 55.4 Å². The number of halogens is 2. The van der Waals surface area contributed by atoms with Gasteiger partial charge < -0.3 is 0 Å². The highest BCUT2D eigenvalue weighted by atomic mass is 79.9. The molecule has 0 heterocycles. The minimum Gasteiger partial charge on any atom is -0.287 e. The summed E-state index contributed by atoms with van der Waals surface area (Å²) in [6.45, 7) is 1.85. The quantitative estimate of drug-likeness (QED) is 0.863. The molecule has 0 aliphatic carbocycles. The fraction of sp³-hybridized carbons (Fsp3) is 0.250. The van der Waals surface area contributed by atoms with Gasteiger partial charge in [-0.2, -0.15) is 0 Å². The minimum atomic E-state index is -3.76. The lowest BCUT2D eigenvalue weighted by Gasteiger charge is -2.07. The fourth-order valence-electron chi connectivity index (χ4n) is 0.875. The first-order chi connectivity index (χ1) is 6.97. The van der Waals surface area contributed by atoms with E-state index >= 15 is 0 Å². The average Bonchev–Trinajstić information content (AvgIpc) is 2.14. The van der Waals surface area contributed by atoms with Gasteiger partial charge in [-0.05, 0) is 41.1 Å². The van der Waals surface area contributed by atoms with Crippen LogP contribution in [-0.2, 0) is 14.9 Å². The van der Waals surface area contributed by atoms with Crippen LogP contribution in [0.4, 0.5) is 4.39 Å². The van der Waals surface area contributed by atoms with E-state index in [2.05, 4.69) is 20.8 Å². The van der Waals surface area contributed by atoms with Gasteiger partial charge in [0.15, 0.2) is 0 Å². The summed E-state index contributed by atoms with van der Waals surface area (Å²) in [5, 5.41) is 0. The van der Waals surface area contributed by atoms with Crippen LogP contribution in [0.15, 0.2) is 27.6 Å². The Bertz CT molecular complexity index is 449. The van der Waals surface area contributed by atoms with Crippen molar-refractivity contribution in [2.45, 2.75) is 11.8 Å². The molecule has 0 saturated heterocycles. The van der Waals surface area contributed by atoms with Crippen LogP contribution in [0.3, 0.4) is 0 Å². The lowest BCUT2D eigenvalue weighted by molar-refractivity contribution is 0.105. The summed E-state index contributed by atoms with van der Waals surface area (Å²) in [5.41, 5.74) is 0. The molecule has 1 aromatic rings. The molecule has 0 bridgehead atoms. The molecule has 1 N–H and O–H groups in total. The summed E-state index contributed by atoms with van der Waals surface area (Å²) >= 11 is 2.96. The summed E-state index contributed by atoms with van der Waals surface area (Å²) in [7, 11) is -3.76. The first-order valence-electron chi connectivity index (χ1n) is 4.06.